The van der Waals surface area contributed by atoms with E-state index in [1.54, 1.807) is 24.3 Å². The van der Waals surface area contributed by atoms with Crippen molar-refractivity contribution >= 4 is 11.7 Å². The first-order valence-corrected chi connectivity index (χ1v) is 8.44. The van der Waals surface area contributed by atoms with Gasteiger partial charge in [0, 0.05) is 17.5 Å². The fourth-order valence-electron chi connectivity index (χ4n) is 1.98. The van der Waals surface area contributed by atoms with Crippen molar-refractivity contribution in [1.82, 2.24) is 10.2 Å². The molecule has 3 N–H and O–H groups in total. The molecule has 0 aliphatic carbocycles. The molecule has 0 atom stereocenters. The number of carbonyl (C=O) groups is 1. The third-order valence-electron chi connectivity index (χ3n) is 3.47. The van der Waals surface area contributed by atoms with Crippen LogP contribution in [0.15, 0.2) is 46.9 Å². The summed E-state index contributed by atoms with van der Waals surface area (Å²) in [5.74, 6) is -1.22. The predicted octanol–water partition coefficient (Wildman–Crippen LogP) is 5.01. The van der Waals surface area contributed by atoms with Crippen LogP contribution in [-0.2, 0) is 4.79 Å². The molecule has 0 bridgehead atoms. The summed E-state index contributed by atoms with van der Waals surface area (Å²) in [5.41, 5.74) is 6.27. The number of anilines is 1. The Bertz CT molecular complexity index is 1020. The number of ether oxygens (including phenoxy) is 1. The van der Waals surface area contributed by atoms with E-state index < -0.39 is 18.0 Å². The van der Waals surface area contributed by atoms with Crippen molar-refractivity contribution in [2.75, 3.05) is 5.73 Å². The van der Waals surface area contributed by atoms with E-state index >= 15 is 0 Å². The highest BCUT2D eigenvalue weighted by atomic mass is 19.4. The van der Waals surface area contributed by atoms with Crippen molar-refractivity contribution in [2.45, 2.75) is 25.9 Å². The summed E-state index contributed by atoms with van der Waals surface area (Å²) in [4.78, 5) is 8.90. The lowest BCUT2D eigenvalue weighted by atomic mass is 10.2. The van der Waals surface area contributed by atoms with E-state index in [-0.39, 0.29) is 11.6 Å². The number of carboxylic acid groups (broad SMARTS) is 1. The Balaban J connectivity index is 0.000000396. The monoisotopic (exact) mass is 427 g/mol. The Morgan fingerprint density at radius 2 is 1.77 bits per heavy atom. The van der Waals surface area contributed by atoms with Gasteiger partial charge in [-0.15, -0.1) is 10.2 Å². The number of rotatable bonds is 4. The summed E-state index contributed by atoms with van der Waals surface area (Å²) in [6, 6.07) is 11.5. The Morgan fingerprint density at radius 1 is 1.13 bits per heavy atom. The predicted molar refractivity (Wildman–Crippen MR) is 98.4 cm³/mol. The average Bonchev–Trinajstić information content (AvgIpc) is 3.15. The summed E-state index contributed by atoms with van der Waals surface area (Å²) < 4.78 is 56.5. The second kappa shape index (κ2) is 9.25. The largest absolute Gasteiger partial charge is 0.490 e. The number of hydrogen-bond donors (Lipinski definition) is 2. The number of carboxylic acids is 1. The molecule has 0 aliphatic rings. The van der Waals surface area contributed by atoms with Crippen LogP contribution in [0.5, 0.6) is 11.5 Å². The SMILES string of the molecule is CC(C)c1nnc(-c2cccc(Oc3ccc(N)c(F)c3)c2)o1.O=C(O)C(F)(F)F. The van der Waals surface area contributed by atoms with Gasteiger partial charge in [0.05, 0.1) is 5.69 Å². The van der Waals surface area contributed by atoms with Crippen LogP contribution in [0.3, 0.4) is 0 Å². The molecule has 0 aliphatic heterocycles. The van der Waals surface area contributed by atoms with Gasteiger partial charge in [-0.25, -0.2) is 9.18 Å². The first-order valence-electron chi connectivity index (χ1n) is 8.44. The number of nitrogen functional groups attached to an aromatic ring is 1. The van der Waals surface area contributed by atoms with Crippen LogP contribution in [0.25, 0.3) is 11.5 Å². The first-order chi connectivity index (χ1) is 14.0. The smallest absolute Gasteiger partial charge is 0.475 e. The third-order valence-corrected chi connectivity index (χ3v) is 3.47. The molecular weight excluding hydrogens is 410 g/mol. The Kier molecular flexibility index (Phi) is 6.98. The van der Waals surface area contributed by atoms with Crippen LogP contribution >= 0.6 is 0 Å². The number of aromatic nitrogens is 2. The van der Waals surface area contributed by atoms with Crippen LogP contribution < -0.4 is 10.5 Å². The highest BCUT2D eigenvalue weighted by molar-refractivity contribution is 5.73. The molecule has 0 saturated heterocycles. The molecule has 2 aromatic carbocycles. The van der Waals surface area contributed by atoms with E-state index in [0.29, 0.717) is 23.3 Å². The van der Waals surface area contributed by atoms with Gasteiger partial charge >= 0.3 is 12.1 Å². The molecule has 0 spiro atoms. The van der Waals surface area contributed by atoms with Crippen molar-refractivity contribution in [2.24, 2.45) is 0 Å². The van der Waals surface area contributed by atoms with E-state index in [4.69, 9.17) is 24.8 Å². The van der Waals surface area contributed by atoms with Crippen LogP contribution in [0, 0.1) is 5.82 Å². The molecule has 1 aromatic heterocycles. The quantitative estimate of drug-likeness (QED) is 0.445. The van der Waals surface area contributed by atoms with Crippen molar-refractivity contribution in [1.29, 1.82) is 0 Å². The maximum Gasteiger partial charge on any atom is 0.490 e. The third kappa shape index (κ3) is 6.19. The van der Waals surface area contributed by atoms with E-state index in [1.807, 2.05) is 19.9 Å². The Labute approximate surface area is 168 Å². The summed E-state index contributed by atoms with van der Waals surface area (Å²) in [6.07, 6.45) is -5.08. The van der Waals surface area contributed by atoms with Crippen LogP contribution in [0.2, 0.25) is 0 Å². The molecular formula is C19H17F4N3O4. The van der Waals surface area contributed by atoms with Crippen molar-refractivity contribution in [3.8, 4) is 23.0 Å². The van der Waals surface area contributed by atoms with E-state index in [2.05, 4.69) is 10.2 Å². The van der Waals surface area contributed by atoms with Gasteiger partial charge in [0.15, 0.2) is 0 Å². The van der Waals surface area contributed by atoms with Crippen molar-refractivity contribution < 1.29 is 36.6 Å². The molecule has 0 radical (unpaired) electrons. The molecule has 0 unspecified atom stereocenters. The number of nitrogens with zero attached hydrogens (tertiary/aromatic N) is 2. The molecule has 3 rings (SSSR count). The zero-order chi connectivity index (χ0) is 22.5. The lowest BCUT2D eigenvalue weighted by Gasteiger charge is -2.07. The molecule has 0 amide bonds. The zero-order valence-corrected chi connectivity index (χ0v) is 15.8. The zero-order valence-electron chi connectivity index (χ0n) is 15.8. The lowest BCUT2D eigenvalue weighted by Crippen LogP contribution is -2.21. The molecule has 0 fully saturated rings. The summed E-state index contributed by atoms with van der Waals surface area (Å²) in [5, 5.41) is 15.2. The van der Waals surface area contributed by atoms with Crippen LogP contribution in [-0.4, -0.2) is 27.4 Å². The maximum absolute atomic E-state index is 13.5. The summed E-state index contributed by atoms with van der Waals surface area (Å²) in [6.45, 7) is 3.96. The first kappa shape index (κ1) is 22.7. The minimum Gasteiger partial charge on any atom is -0.475 e. The normalized spacial score (nSPS) is 11.0. The number of hydrogen-bond acceptors (Lipinski definition) is 6. The van der Waals surface area contributed by atoms with Gasteiger partial charge in [-0.2, -0.15) is 13.2 Å². The molecule has 7 nitrogen and oxygen atoms in total. The van der Waals surface area contributed by atoms with E-state index in [9.17, 15) is 17.6 Å². The second-order valence-electron chi connectivity index (χ2n) is 6.22. The number of nitrogens with two attached hydrogens (primary N) is 1. The van der Waals surface area contributed by atoms with E-state index in [1.165, 1.54) is 12.1 Å². The highest BCUT2D eigenvalue weighted by Crippen LogP contribution is 2.28. The van der Waals surface area contributed by atoms with Crippen molar-refractivity contribution in [3.63, 3.8) is 0 Å². The van der Waals surface area contributed by atoms with Gasteiger partial charge in [-0.1, -0.05) is 19.9 Å². The Morgan fingerprint density at radius 3 is 2.30 bits per heavy atom. The highest BCUT2D eigenvalue weighted by Gasteiger charge is 2.38. The summed E-state index contributed by atoms with van der Waals surface area (Å²) >= 11 is 0. The minimum absolute atomic E-state index is 0.0816. The van der Waals surface area contributed by atoms with Crippen molar-refractivity contribution in [3.05, 3.63) is 54.2 Å². The molecule has 30 heavy (non-hydrogen) atoms. The van der Waals surface area contributed by atoms with Gasteiger partial charge < -0.3 is 20.0 Å². The standard InChI is InChI=1S/C17H16FN3O2.C2HF3O2/c1-10(2)16-20-21-17(23-16)11-4-3-5-12(8-11)22-13-6-7-15(19)14(18)9-13;3-2(4,5)1(6)7/h3-10H,19H2,1-2H3;(H,6,7). The number of aliphatic carboxylic acids is 1. The second-order valence-corrected chi connectivity index (χ2v) is 6.22. The molecule has 0 saturated carbocycles. The molecule has 1 heterocycles. The average molecular weight is 427 g/mol. The van der Waals surface area contributed by atoms with Gasteiger partial charge in [-0.05, 0) is 30.3 Å². The fraction of sp³-hybridized carbons (Fsp3) is 0.211. The lowest BCUT2D eigenvalue weighted by molar-refractivity contribution is -0.192. The maximum atomic E-state index is 13.5. The van der Waals surface area contributed by atoms with Gasteiger partial charge in [-0.3, -0.25) is 0 Å². The van der Waals surface area contributed by atoms with E-state index in [0.717, 1.165) is 5.56 Å². The topological polar surface area (TPSA) is 111 Å². The summed E-state index contributed by atoms with van der Waals surface area (Å²) in [7, 11) is 0. The minimum atomic E-state index is -5.08. The van der Waals surface area contributed by atoms with Gasteiger partial charge in [0.25, 0.3) is 0 Å². The number of alkyl halides is 3. The molecule has 160 valence electrons. The van der Waals surface area contributed by atoms with Crippen LogP contribution in [0.4, 0.5) is 23.2 Å². The fourth-order valence-corrected chi connectivity index (χ4v) is 1.98. The molecule has 11 heteroatoms. The molecule has 3 aromatic rings. The van der Waals surface area contributed by atoms with Gasteiger partial charge in [0.1, 0.15) is 17.3 Å². The number of benzene rings is 2. The van der Waals surface area contributed by atoms with Crippen LogP contribution in [0.1, 0.15) is 25.7 Å². The van der Waals surface area contributed by atoms with Gasteiger partial charge in [0.2, 0.25) is 11.8 Å². The Hall–Kier alpha value is -3.63. The number of halogens is 4.